The maximum atomic E-state index is 5.83. The molecule has 0 bridgehead atoms. The smallest absolute Gasteiger partial charge is 0.205 e. The largest absolute Gasteiger partial charge is 0.359 e. The molecule has 0 radical (unpaired) electrons. The number of rotatable bonds is 6. The summed E-state index contributed by atoms with van der Waals surface area (Å²) in [6.45, 7) is 7.92. The molecule has 0 fully saturated rings. The third-order valence-corrected chi connectivity index (χ3v) is 3.87. The maximum absolute atomic E-state index is 5.83. The second kappa shape index (κ2) is 5.42. The van der Waals surface area contributed by atoms with Crippen LogP contribution in [0.15, 0.2) is 0 Å². The number of nitrogens with two attached hydrogens (primary N) is 1. The highest BCUT2D eigenvalue weighted by Crippen LogP contribution is 2.26. The molecule has 1 rings (SSSR count). The molecule has 0 saturated carbocycles. The molecule has 0 aliphatic rings. The molecular formula is C10H20N4S. The SMILES string of the molecule is CCC(CC)(CN)CNc1nnc(C)s1. The van der Waals surface area contributed by atoms with Crippen molar-refractivity contribution in [1.82, 2.24) is 10.2 Å². The Morgan fingerprint density at radius 3 is 2.40 bits per heavy atom. The predicted octanol–water partition coefficient (Wildman–Crippen LogP) is 2.02. The van der Waals surface area contributed by atoms with Crippen molar-refractivity contribution in [3.63, 3.8) is 0 Å². The zero-order chi connectivity index (χ0) is 11.3. The Labute approximate surface area is 95.3 Å². The Kier molecular flexibility index (Phi) is 4.47. The van der Waals surface area contributed by atoms with Crippen LogP contribution in [0.3, 0.4) is 0 Å². The molecule has 0 saturated heterocycles. The van der Waals surface area contributed by atoms with Gasteiger partial charge < -0.3 is 11.1 Å². The van der Waals surface area contributed by atoms with Crippen molar-refractivity contribution >= 4 is 16.5 Å². The standard InChI is InChI=1S/C10H20N4S/c1-4-10(5-2,6-11)7-12-9-14-13-8(3)15-9/h4-7,11H2,1-3H3,(H,12,14). The first-order valence-electron chi connectivity index (χ1n) is 5.40. The number of hydrogen-bond acceptors (Lipinski definition) is 5. The maximum Gasteiger partial charge on any atom is 0.205 e. The highest BCUT2D eigenvalue weighted by Gasteiger charge is 2.24. The number of anilines is 1. The quantitative estimate of drug-likeness (QED) is 0.782. The monoisotopic (exact) mass is 228 g/mol. The van der Waals surface area contributed by atoms with Crippen molar-refractivity contribution < 1.29 is 0 Å². The topological polar surface area (TPSA) is 63.8 Å². The van der Waals surface area contributed by atoms with Crippen LogP contribution in [0.5, 0.6) is 0 Å². The van der Waals surface area contributed by atoms with E-state index in [1.807, 2.05) is 6.92 Å². The first kappa shape index (κ1) is 12.4. The number of nitrogens with one attached hydrogen (secondary N) is 1. The fraction of sp³-hybridized carbons (Fsp3) is 0.800. The average molecular weight is 228 g/mol. The van der Waals surface area contributed by atoms with Gasteiger partial charge in [-0.1, -0.05) is 25.2 Å². The molecule has 0 spiro atoms. The van der Waals surface area contributed by atoms with Crippen molar-refractivity contribution in [3.05, 3.63) is 5.01 Å². The molecule has 0 aliphatic carbocycles. The van der Waals surface area contributed by atoms with Crippen LogP contribution in [0, 0.1) is 12.3 Å². The van der Waals surface area contributed by atoms with Gasteiger partial charge in [-0.25, -0.2) is 0 Å². The fourth-order valence-corrected chi connectivity index (χ4v) is 2.08. The van der Waals surface area contributed by atoms with E-state index in [0.29, 0.717) is 6.54 Å². The molecule has 0 unspecified atom stereocenters. The van der Waals surface area contributed by atoms with Gasteiger partial charge in [0, 0.05) is 6.54 Å². The summed E-state index contributed by atoms with van der Waals surface area (Å²) in [6.07, 6.45) is 2.18. The highest BCUT2D eigenvalue weighted by molar-refractivity contribution is 7.15. The van der Waals surface area contributed by atoms with Gasteiger partial charge in [-0.2, -0.15) is 0 Å². The number of nitrogens with zero attached hydrogens (tertiary/aromatic N) is 2. The lowest BCUT2D eigenvalue weighted by Crippen LogP contribution is -2.36. The van der Waals surface area contributed by atoms with Gasteiger partial charge >= 0.3 is 0 Å². The van der Waals surface area contributed by atoms with Crippen LogP contribution in [-0.2, 0) is 0 Å². The third-order valence-electron chi connectivity index (χ3n) is 3.07. The zero-order valence-corrected chi connectivity index (χ0v) is 10.5. The van der Waals surface area contributed by atoms with Crippen molar-refractivity contribution in [2.75, 3.05) is 18.4 Å². The number of aryl methyl sites for hydroxylation is 1. The minimum atomic E-state index is 0.194. The lowest BCUT2D eigenvalue weighted by molar-refractivity contribution is 0.294. The van der Waals surface area contributed by atoms with Crippen molar-refractivity contribution in [2.45, 2.75) is 33.6 Å². The van der Waals surface area contributed by atoms with E-state index in [1.54, 1.807) is 11.3 Å². The Hall–Kier alpha value is -0.680. The molecular weight excluding hydrogens is 208 g/mol. The van der Waals surface area contributed by atoms with Crippen LogP contribution in [0.2, 0.25) is 0 Å². The third kappa shape index (κ3) is 3.14. The van der Waals surface area contributed by atoms with E-state index < -0.39 is 0 Å². The van der Waals surface area contributed by atoms with Crippen molar-refractivity contribution in [2.24, 2.45) is 11.1 Å². The highest BCUT2D eigenvalue weighted by atomic mass is 32.1. The molecule has 0 aliphatic heterocycles. The van der Waals surface area contributed by atoms with Gasteiger partial charge in [0.1, 0.15) is 5.01 Å². The van der Waals surface area contributed by atoms with E-state index in [-0.39, 0.29) is 5.41 Å². The van der Waals surface area contributed by atoms with Crippen LogP contribution in [-0.4, -0.2) is 23.3 Å². The van der Waals surface area contributed by atoms with Crippen LogP contribution in [0.4, 0.5) is 5.13 Å². The Balaban J connectivity index is 2.54. The van der Waals surface area contributed by atoms with Gasteiger partial charge in [0.25, 0.3) is 0 Å². The van der Waals surface area contributed by atoms with Gasteiger partial charge in [0.05, 0.1) is 0 Å². The second-order valence-electron chi connectivity index (χ2n) is 3.89. The molecule has 3 N–H and O–H groups in total. The number of hydrogen-bond donors (Lipinski definition) is 2. The molecule has 5 heteroatoms. The summed E-state index contributed by atoms with van der Waals surface area (Å²) < 4.78 is 0. The second-order valence-corrected chi connectivity index (χ2v) is 5.07. The Morgan fingerprint density at radius 2 is 2.00 bits per heavy atom. The van der Waals surface area contributed by atoms with Crippen molar-refractivity contribution in [1.29, 1.82) is 0 Å². The summed E-state index contributed by atoms with van der Waals surface area (Å²) in [4.78, 5) is 0. The Morgan fingerprint density at radius 1 is 1.33 bits per heavy atom. The molecule has 1 aromatic heterocycles. The first-order valence-corrected chi connectivity index (χ1v) is 6.21. The van der Waals surface area contributed by atoms with E-state index in [2.05, 4.69) is 29.4 Å². The van der Waals surface area contributed by atoms with E-state index in [4.69, 9.17) is 5.73 Å². The normalized spacial score (nSPS) is 11.7. The van der Waals surface area contributed by atoms with E-state index in [0.717, 1.165) is 29.5 Å². The summed E-state index contributed by atoms with van der Waals surface area (Å²) in [5.41, 5.74) is 6.02. The lowest BCUT2D eigenvalue weighted by Gasteiger charge is -2.29. The number of aromatic nitrogens is 2. The molecule has 0 amide bonds. The van der Waals surface area contributed by atoms with Gasteiger partial charge in [-0.3, -0.25) is 0 Å². The molecule has 1 aromatic rings. The molecule has 0 atom stereocenters. The van der Waals surface area contributed by atoms with E-state index >= 15 is 0 Å². The predicted molar refractivity (Wildman–Crippen MR) is 65.2 cm³/mol. The lowest BCUT2D eigenvalue weighted by atomic mass is 9.82. The summed E-state index contributed by atoms with van der Waals surface area (Å²) >= 11 is 1.59. The molecule has 1 heterocycles. The molecule has 4 nitrogen and oxygen atoms in total. The van der Waals surface area contributed by atoms with Crippen molar-refractivity contribution in [3.8, 4) is 0 Å². The van der Waals surface area contributed by atoms with Crippen LogP contribution >= 0.6 is 11.3 Å². The van der Waals surface area contributed by atoms with Crippen LogP contribution in [0.25, 0.3) is 0 Å². The zero-order valence-electron chi connectivity index (χ0n) is 9.71. The van der Waals surface area contributed by atoms with E-state index in [1.165, 1.54) is 0 Å². The average Bonchev–Trinajstić information content (AvgIpc) is 2.67. The molecule has 0 aromatic carbocycles. The Bertz CT molecular complexity index is 285. The fourth-order valence-electron chi connectivity index (χ4n) is 1.49. The minimum absolute atomic E-state index is 0.194. The molecule has 15 heavy (non-hydrogen) atoms. The van der Waals surface area contributed by atoms with Gasteiger partial charge in [-0.05, 0) is 31.7 Å². The van der Waals surface area contributed by atoms with Crippen LogP contribution < -0.4 is 11.1 Å². The van der Waals surface area contributed by atoms with Crippen LogP contribution in [0.1, 0.15) is 31.7 Å². The summed E-state index contributed by atoms with van der Waals surface area (Å²) in [5, 5.41) is 13.2. The summed E-state index contributed by atoms with van der Waals surface area (Å²) in [7, 11) is 0. The summed E-state index contributed by atoms with van der Waals surface area (Å²) in [6, 6.07) is 0. The van der Waals surface area contributed by atoms with Gasteiger partial charge in [0.2, 0.25) is 5.13 Å². The van der Waals surface area contributed by atoms with E-state index in [9.17, 15) is 0 Å². The molecule has 86 valence electrons. The minimum Gasteiger partial charge on any atom is -0.359 e. The van der Waals surface area contributed by atoms with Gasteiger partial charge in [0.15, 0.2) is 0 Å². The van der Waals surface area contributed by atoms with Gasteiger partial charge in [-0.15, -0.1) is 10.2 Å². The first-order chi connectivity index (χ1) is 7.15. The summed E-state index contributed by atoms with van der Waals surface area (Å²) in [5.74, 6) is 0.